The summed E-state index contributed by atoms with van der Waals surface area (Å²) in [5, 5.41) is 18.6. The van der Waals surface area contributed by atoms with Crippen LogP contribution < -0.4 is 0 Å². The van der Waals surface area contributed by atoms with E-state index in [0.29, 0.717) is 10.6 Å². The summed E-state index contributed by atoms with van der Waals surface area (Å²) in [7, 11) is 0. The third kappa shape index (κ3) is 1.90. The average Bonchev–Trinajstić information content (AvgIpc) is 2.61. The van der Waals surface area contributed by atoms with Crippen molar-refractivity contribution in [2.45, 2.75) is 18.2 Å². The second-order valence-corrected chi connectivity index (χ2v) is 4.70. The van der Waals surface area contributed by atoms with Crippen molar-refractivity contribution in [1.82, 2.24) is 0 Å². The van der Waals surface area contributed by atoms with Gasteiger partial charge in [0, 0.05) is 5.56 Å². The van der Waals surface area contributed by atoms with E-state index in [2.05, 4.69) is 4.99 Å². The normalized spacial score (nSPS) is 24.2. The lowest BCUT2D eigenvalue weighted by molar-refractivity contribution is -0.136. The minimum Gasteiger partial charge on any atom is -0.507 e. The van der Waals surface area contributed by atoms with Gasteiger partial charge in [0.05, 0.1) is 6.04 Å². The molecule has 0 fully saturated rings. The second-order valence-electron chi connectivity index (χ2n) is 3.57. The molecule has 1 aromatic rings. The van der Waals surface area contributed by atoms with E-state index in [4.69, 9.17) is 5.11 Å². The van der Waals surface area contributed by atoms with Gasteiger partial charge in [-0.1, -0.05) is 23.9 Å². The molecule has 0 saturated carbocycles. The molecule has 1 aliphatic heterocycles. The molecule has 0 spiro atoms. The maximum atomic E-state index is 10.9. The number of para-hydroxylation sites is 1. The van der Waals surface area contributed by atoms with Crippen molar-refractivity contribution < 1.29 is 15.0 Å². The molecule has 1 aliphatic rings. The number of thioether (sulfide) groups is 1. The fraction of sp³-hybridized carbons (Fsp3) is 0.273. The van der Waals surface area contributed by atoms with Gasteiger partial charge in [-0.25, -0.2) is 0 Å². The lowest BCUT2D eigenvalue weighted by Gasteiger charge is -2.06. The predicted molar refractivity (Wildman–Crippen MR) is 63.1 cm³/mol. The minimum atomic E-state index is -0.869. The number of carboxylic acid groups (broad SMARTS) is 1. The first-order valence-corrected chi connectivity index (χ1v) is 5.73. The molecule has 1 unspecified atom stereocenters. The number of aliphatic imine (C=N–C) groups is 1. The van der Waals surface area contributed by atoms with E-state index in [1.165, 1.54) is 11.8 Å². The highest BCUT2D eigenvalue weighted by molar-refractivity contribution is 8.15. The summed E-state index contributed by atoms with van der Waals surface area (Å²) >= 11 is 1.18. The Hall–Kier alpha value is -1.49. The fourth-order valence-corrected chi connectivity index (χ4v) is 2.67. The van der Waals surface area contributed by atoms with Crippen molar-refractivity contribution in [3.05, 3.63) is 29.8 Å². The smallest absolute Gasteiger partial charge is 0.319 e. The predicted octanol–water partition coefficient (Wildman–Crippen LogP) is 1.73. The number of phenolic OH excluding ortho intramolecular Hbond substituents is 1. The van der Waals surface area contributed by atoms with Crippen LogP contribution in [0.1, 0.15) is 12.5 Å². The third-order valence-electron chi connectivity index (χ3n) is 2.38. The maximum Gasteiger partial charge on any atom is 0.319 e. The standard InChI is InChI=1S/C11H11NO3S/c1-6-9(11(14)15)16-10(12-6)7-4-2-3-5-8(7)13/h2-6,9,13H,1H3,(H,14,15)/t6?,9-/m0/s1. The van der Waals surface area contributed by atoms with Crippen LogP contribution in [0.25, 0.3) is 0 Å². The van der Waals surface area contributed by atoms with Gasteiger partial charge in [0.1, 0.15) is 16.0 Å². The van der Waals surface area contributed by atoms with Gasteiger partial charge in [0.15, 0.2) is 0 Å². The van der Waals surface area contributed by atoms with Crippen LogP contribution in [0.15, 0.2) is 29.3 Å². The zero-order chi connectivity index (χ0) is 11.7. The number of aliphatic carboxylic acids is 1. The molecule has 2 N–H and O–H groups in total. The molecule has 2 atom stereocenters. The van der Waals surface area contributed by atoms with Crippen molar-refractivity contribution in [2.75, 3.05) is 0 Å². The van der Waals surface area contributed by atoms with Crippen LogP contribution in [-0.4, -0.2) is 32.5 Å². The Labute approximate surface area is 97.0 Å². The van der Waals surface area contributed by atoms with Gasteiger partial charge in [-0.05, 0) is 19.1 Å². The van der Waals surface area contributed by atoms with Crippen LogP contribution in [0.2, 0.25) is 0 Å². The van der Waals surface area contributed by atoms with Gasteiger partial charge in [-0.2, -0.15) is 0 Å². The van der Waals surface area contributed by atoms with E-state index in [-0.39, 0.29) is 11.8 Å². The van der Waals surface area contributed by atoms with Gasteiger partial charge in [0.25, 0.3) is 0 Å². The number of aromatic hydroxyl groups is 1. The van der Waals surface area contributed by atoms with Crippen molar-refractivity contribution in [3.8, 4) is 5.75 Å². The summed E-state index contributed by atoms with van der Waals surface area (Å²) in [4.78, 5) is 15.2. The molecule has 0 saturated heterocycles. The molecule has 0 radical (unpaired) electrons. The van der Waals surface area contributed by atoms with Gasteiger partial charge >= 0.3 is 5.97 Å². The number of hydrogen-bond donors (Lipinski definition) is 2. The summed E-state index contributed by atoms with van der Waals surface area (Å²) < 4.78 is 0. The van der Waals surface area contributed by atoms with Gasteiger partial charge < -0.3 is 10.2 Å². The van der Waals surface area contributed by atoms with Gasteiger partial charge in [-0.15, -0.1) is 0 Å². The van der Waals surface area contributed by atoms with Crippen molar-refractivity contribution >= 4 is 22.8 Å². The molecule has 4 nitrogen and oxygen atoms in total. The number of benzene rings is 1. The zero-order valence-electron chi connectivity index (χ0n) is 8.62. The third-order valence-corrected chi connectivity index (χ3v) is 3.77. The monoisotopic (exact) mass is 237 g/mol. The zero-order valence-corrected chi connectivity index (χ0v) is 9.44. The lowest BCUT2D eigenvalue weighted by Crippen LogP contribution is -2.23. The highest BCUT2D eigenvalue weighted by Gasteiger charge is 2.33. The van der Waals surface area contributed by atoms with E-state index >= 15 is 0 Å². The largest absolute Gasteiger partial charge is 0.507 e. The lowest BCUT2D eigenvalue weighted by atomic mass is 10.2. The number of rotatable bonds is 2. The molecule has 0 aromatic heterocycles. The molecule has 16 heavy (non-hydrogen) atoms. The van der Waals surface area contributed by atoms with E-state index in [1.807, 2.05) is 0 Å². The van der Waals surface area contributed by atoms with Crippen LogP contribution in [-0.2, 0) is 4.79 Å². The first kappa shape index (κ1) is 11.0. The first-order valence-electron chi connectivity index (χ1n) is 4.85. The van der Waals surface area contributed by atoms with E-state index in [0.717, 1.165) is 0 Å². The van der Waals surface area contributed by atoms with Crippen LogP contribution in [0.4, 0.5) is 0 Å². The minimum absolute atomic E-state index is 0.131. The van der Waals surface area contributed by atoms with Crippen LogP contribution >= 0.6 is 11.8 Å². The molecule has 1 heterocycles. The summed E-state index contributed by atoms with van der Waals surface area (Å²) in [5.41, 5.74) is 0.600. The molecular formula is C11H11NO3S. The highest BCUT2D eigenvalue weighted by Crippen LogP contribution is 2.33. The Morgan fingerprint density at radius 3 is 2.69 bits per heavy atom. The summed E-state index contributed by atoms with van der Waals surface area (Å²) in [6.07, 6.45) is 0. The van der Waals surface area contributed by atoms with Crippen molar-refractivity contribution in [1.29, 1.82) is 0 Å². The first-order chi connectivity index (χ1) is 7.59. The number of nitrogens with zero attached hydrogens (tertiary/aromatic N) is 1. The molecule has 2 rings (SSSR count). The number of phenols is 1. The average molecular weight is 237 g/mol. The molecular weight excluding hydrogens is 226 g/mol. The Bertz CT molecular complexity index is 458. The number of hydrogen-bond acceptors (Lipinski definition) is 4. The van der Waals surface area contributed by atoms with Crippen LogP contribution in [0, 0.1) is 0 Å². The summed E-state index contributed by atoms with van der Waals surface area (Å²) in [6.45, 7) is 1.76. The van der Waals surface area contributed by atoms with Crippen molar-refractivity contribution in [3.63, 3.8) is 0 Å². The Kier molecular flexibility index (Phi) is 2.87. The topological polar surface area (TPSA) is 69.9 Å². The Balaban J connectivity index is 2.29. The van der Waals surface area contributed by atoms with E-state index in [9.17, 15) is 9.90 Å². The van der Waals surface area contributed by atoms with Crippen molar-refractivity contribution in [2.24, 2.45) is 4.99 Å². The molecule has 1 aromatic carbocycles. The second kappa shape index (κ2) is 4.17. The molecule has 84 valence electrons. The Morgan fingerprint density at radius 1 is 1.44 bits per heavy atom. The fourth-order valence-electron chi connectivity index (χ4n) is 1.55. The van der Waals surface area contributed by atoms with Gasteiger partial charge in [0.2, 0.25) is 0 Å². The van der Waals surface area contributed by atoms with E-state index in [1.54, 1.807) is 31.2 Å². The molecule has 0 aliphatic carbocycles. The van der Waals surface area contributed by atoms with Crippen LogP contribution in [0.5, 0.6) is 5.75 Å². The summed E-state index contributed by atoms with van der Waals surface area (Å²) in [5.74, 6) is -0.737. The molecule has 5 heteroatoms. The maximum absolute atomic E-state index is 10.9. The SMILES string of the molecule is CC1N=C(c2ccccc2O)S[C@@H]1C(=O)O. The van der Waals surface area contributed by atoms with E-state index < -0.39 is 11.2 Å². The Morgan fingerprint density at radius 2 is 2.12 bits per heavy atom. The number of carbonyl (C=O) groups is 1. The highest BCUT2D eigenvalue weighted by atomic mass is 32.2. The van der Waals surface area contributed by atoms with Gasteiger partial charge in [-0.3, -0.25) is 9.79 Å². The quantitative estimate of drug-likeness (QED) is 0.821. The van der Waals surface area contributed by atoms with Crippen LogP contribution in [0.3, 0.4) is 0 Å². The molecule has 0 bridgehead atoms. The number of carboxylic acids is 1. The summed E-state index contributed by atoms with van der Waals surface area (Å²) in [6, 6.07) is 6.54. The molecule has 0 amide bonds.